The van der Waals surface area contributed by atoms with Crippen LogP contribution in [0.25, 0.3) is 0 Å². The zero-order valence-corrected chi connectivity index (χ0v) is 9.74. The number of thioether (sulfide) groups is 1. The molecule has 1 saturated carbocycles. The van der Waals surface area contributed by atoms with Crippen LogP contribution < -0.4 is 10.6 Å². The van der Waals surface area contributed by atoms with Gasteiger partial charge in [0.05, 0.1) is 0 Å². The number of hydrogen-bond acceptors (Lipinski definition) is 3. The average Bonchev–Trinajstić information content (AvgIpc) is 2.87. The third-order valence-electron chi connectivity index (χ3n) is 2.94. The van der Waals surface area contributed by atoms with E-state index >= 15 is 0 Å². The molecular weight excluding hydrogens is 192 g/mol. The van der Waals surface area contributed by atoms with E-state index in [-0.39, 0.29) is 0 Å². The molecule has 1 heterocycles. The lowest BCUT2D eigenvalue weighted by Gasteiger charge is -2.09. The van der Waals surface area contributed by atoms with Crippen molar-refractivity contribution in [3.8, 4) is 0 Å². The van der Waals surface area contributed by atoms with E-state index in [0.29, 0.717) is 0 Å². The Morgan fingerprint density at radius 1 is 1.14 bits per heavy atom. The van der Waals surface area contributed by atoms with Gasteiger partial charge in [0, 0.05) is 17.8 Å². The second kappa shape index (κ2) is 5.99. The third kappa shape index (κ3) is 4.20. The van der Waals surface area contributed by atoms with Gasteiger partial charge in [-0.25, -0.2) is 0 Å². The predicted octanol–water partition coefficient (Wildman–Crippen LogP) is 1.61. The molecule has 2 rings (SSSR count). The first-order chi connectivity index (χ1) is 6.95. The van der Waals surface area contributed by atoms with Crippen LogP contribution in [0.2, 0.25) is 0 Å². The SMILES string of the molecule is C(CNCC1CCCS1)CNC1CC1. The molecule has 0 aromatic rings. The van der Waals surface area contributed by atoms with E-state index in [9.17, 15) is 0 Å². The smallest absolute Gasteiger partial charge is 0.0172 e. The maximum absolute atomic E-state index is 3.56. The fourth-order valence-corrected chi connectivity index (χ4v) is 3.11. The van der Waals surface area contributed by atoms with Crippen molar-refractivity contribution >= 4 is 11.8 Å². The van der Waals surface area contributed by atoms with Crippen molar-refractivity contribution in [1.29, 1.82) is 0 Å². The Hall–Kier alpha value is 0.270. The zero-order chi connectivity index (χ0) is 9.64. The Balaban J connectivity index is 1.35. The highest BCUT2D eigenvalue weighted by Gasteiger charge is 2.19. The van der Waals surface area contributed by atoms with Crippen molar-refractivity contribution in [2.45, 2.75) is 43.4 Å². The molecule has 1 atom stereocenters. The van der Waals surface area contributed by atoms with Gasteiger partial charge in [-0.2, -0.15) is 11.8 Å². The van der Waals surface area contributed by atoms with Gasteiger partial charge in [-0.3, -0.25) is 0 Å². The van der Waals surface area contributed by atoms with Gasteiger partial charge in [0.1, 0.15) is 0 Å². The van der Waals surface area contributed by atoms with E-state index in [0.717, 1.165) is 11.3 Å². The quantitative estimate of drug-likeness (QED) is 0.630. The van der Waals surface area contributed by atoms with Crippen molar-refractivity contribution in [1.82, 2.24) is 10.6 Å². The van der Waals surface area contributed by atoms with E-state index in [1.807, 2.05) is 0 Å². The summed E-state index contributed by atoms with van der Waals surface area (Å²) in [6, 6.07) is 0.875. The van der Waals surface area contributed by atoms with Crippen LogP contribution in [0.1, 0.15) is 32.1 Å². The molecule has 0 aromatic heterocycles. The summed E-state index contributed by atoms with van der Waals surface area (Å²) >= 11 is 2.14. The molecule has 0 radical (unpaired) electrons. The van der Waals surface area contributed by atoms with Crippen LogP contribution in [-0.2, 0) is 0 Å². The largest absolute Gasteiger partial charge is 0.316 e. The predicted molar refractivity (Wildman–Crippen MR) is 64.0 cm³/mol. The lowest BCUT2D eigenvalue weighted by Crippen LogP contribution is -2.27. The Morgan fingerprint density at radius 3 is 2.79 bits per heavy atom. The van der Waals surface area contributed by atoms with Crippen molar-refractivity contribution in [3.05, 3.63) is 0 Å². The standard InChI is InChI=1S/C11H22N2S/c1-3-11(14-8-1)9-12-6-2-7-13-10-4-5-10/h10-13H,1-9H2. The molecule has 0 aromatic carbocycles. The summed E-state index contributed by atoms with van der Waals surface area (Å²) in [5.41, 5.74) is 0. The molecule has 0 amide bonds. The van der Waals surface area contributed by atoms with Crippen LogP contribution in [0.4, 0.5) is 0 Å². The first-order valence-corrected chi connectivity index (χ1v) is 7.06. The molecule has 14 heavy (non-hydrogen) atoms. The van der Waals surface area contributed by atoms with Crippen LogP contribution in [-0.4, -0.2) is 36.7 Å². The molecule has 1 saturated heterocycles. The first-order valence-electron chi connectivity index (χ1n) is 6.01. The maximum atomic E-state index is 3.56. The van der Waals surface area contributed by atoms with Crippen molar-refractivity contribution in [3.63, 3.8) is 0 Å². The van der Waals surface area contributed by atoms with Crippen LogP contribution in [0, 0.1) is 0 Å². The molecule has 2 fully saturated rings. The Labute approximate surface area is 91.6 Å². The van der Waals surface area contributed by atoms with Crippen molar-refractivity contribution < 1.29 is 0 Å². The van der Waals surface area contributed by atoms with E-state index in [1.54, 1.807) is 0 Å². The number of nitrogens with one attached hydrogen (secondary N) is 2. The van der Waals surface area contributed by atoms with Gasteiger partial charge in [-0.15, -0.1) is 0 Å². The minimum Gasteiger partial charge on any atom is -0.316 e. The topological polar surface area (TPSA) is 24.1 Å². The number of rotatable bonds is 7. The first kappa shape index (κ1) is 10.8. The summed E-state index contributed by atoms with van der Waals surface area (Å²) in [5, 5.41) is 8.01. The molecule has 3 heteroatoms. The highest BCUT2D eigenvalue weighted by Crippen LogP contribution is 2.25. The summed E-state index contributed by atoms with van der Waals surface area (Å²) in [4.78, 5) is 0. The lowest BCUT2D eigenvalue weighted by atomic mass is 10.2. The van der Waals surface area contributed by atoms with Gasteiger partial charge in [0.2, 0.25) is 0 Å². The molecule has 2 aliphatic rings. The Morgan fingerprint density at radius 2 is 2.07 bits per heavy atom. The van der Waals surface area contributed by atoms with Crippen molar-refractivity contribution in [2.75, 3.05) is 25.4 Å². The molecule has 0 bridgehead atoms. The molecule has 2 N–H and O–H groups in total. The molecular formula is C11H22N2S. The van der Waals surface area contributed by atoms with E-state index in [2.05, 4.69) is 22.4 Å². The van der Waals surface area contributed by atoms with Crippen molar-refractivity contribution in [2.24, 2.45) is 0 Å². The summed E-state index contributed by atoms with van der Waals surface area (Å²) in [5.74, 6) is 1.38. The van der Waals surface area contributed by atoms with Gasteiger partial charge in [-0.05, 0) is 50.9 Å². The highest BCUT2D eigenvalue weighted by atomic mass is 32.2. The van der Waals surface area contributed by atoms with Crippen LogP contribution >= 0.6 is 11.8 Å². The van der Waals surface area contributed by atoms with Crippen LogP contribution in [0.15, 0.2) is 0 Å². The summed E-state index contributed by atoms with van der Waals surface area (Å²) < 4.78 is 0. The summed E-state index contributed by atoms with van der Waals surface area (Å²) in [6.45, 7) is 3.63. The molecule has 1 aliphatic heterocycles. The Bertz CT molecular complexity index is 153. The monoisotopic (exact) mass is 214 g/mol. The van der Waals surface area contributed by atoms with Gasteiger partial charge >= 0.3 is 0 Å². The van der Waals surface area contributed by atoms with Crippen LogP contribution in [0.5, 0.6) is 0 Å². The Kier molecular flexibility index (Phi) is 4.61. The fourth-order valence-electron chi connectivity index (χ4n) is 1.88. The summed E-state index contributed by atoms with van der Waals surface area (Å²) in [7, 11) is 0. The van der Waals surface area contributed by atoms with Gasteiger partial charge in [-0.1, -0.05) is 0 Å². The van der Waals surface area contributed by atoms with Gasteiger partial charge in [0.25, 0.3) is 0 Å². The lowest BCUT2D eigenvalue weighted by molar-refractivity contribution is 0.583. The average molecular weight is 214 g/mol. The number of hydrogen-bond donors (Lipinski definition) is 2. The molecule has 1 unspecified atom stereocenters. The van der Waals surface area contributed by atoms with E-state index in [1.165, 1.54) is 57.5 Å². The zero-order valence-electron chi connectivity index (χ0n) is 8.93. The maximum Gasteiger partial charge on any atom is 0.0172 e. The molecule has 0 spiro atoms. The van der Waals surface area contributed by atoms with Gasteiger partial charge < -0.3 is 10.6 Å². The fraction of sp³-hybridized carbons (Fsp3) is 1.00. The minimum absolute atomic E-state index is 0.875. The van der Waals surface area contributed by atoms with Crippen LogP contribution in [0.3, 0.4) is 0 Å². The van der Waals surface area contributed by atoms with Gasteiger partial charge in [0.15, 0.2) is 0 Å². The third-order valence-corrected chi connectivity index (χ3v) is 4.33. The second-order valence-electron chi connectivity index (χ2n) is 4.42. The van der Waals surface area contributed by atoms with E-state index in [4.69, 9.17) is 0 Å². The molecule has 1 aliphatic carbocycles. The van der Waals surface area contributed by atoms with E-state index < -0.39 is 0 Å². The molecule has 82 valence electrons. The summed E-state index contributed by atoms with van der Waals surface area (Å²) in [6.07, 6.45) is 6.96. The second-order valence-corrected chi connectivity index (χ2v) is 5.83. The minimum atomic E-state index is 0.875. The molecule has 2 nitrogen and oxygen atoms in total. The highest BCUT2D eigenvalue weighted by molar-refractivity contribution is 8.00. The normalized spacial score (nSPS) is 27.0.